The Kier molecular flexibility index (Phi) is 4.82. The predicted molar refractivity (Wildman–Crippen MR) is 73.0 cm³/mol. The van der Waals surface area contributed by atoms with Gasteiger partial charge in [-0.3, -0.25) is 4.90 Å². The molecule has 0 spiro atoms. The van der Waals surface area contributed by atoms with Crippen LogP contribution < -0.4 is 5.32 Å². The van der Waals surface area contributed by atoms with E-state index < -0.39 is 0 Å². The Balaban J connectivity index is 2.07. The quantitative estimate of drug-likeness (QED) is 0.912. The summed E-state index contributed by atoms with van der Waals surface area (Å²) in [6.45, 7) is 6.11. The van der Waals surface area contributed by atoms with E-state index in [2.05, 4.69) is 23.2 Å². The second-order valence-electron chi connectivity index (χ2n) is 4.21. The van der Waals surface area contributed by atoms with Crippen LogP contribution in [0, 0.1) is 0 Å². The molecule has 0 radical (unpaired) electrons. The largest absolute Gasteiger partial charge is 0.374 e. The highest BCUT2D eigenvalue weighted by molar-refractivity contribution is 7.16. The molecule has 2 atom stereocenters. The van der Waals surface area contributed by atoms with E-state index in [1.54, 1.807) is 11.3 Å². The van der Waals surface area contributed by atoms with E-state index >= 15 is 0 Å². The highest BCUT2D eigenvalue weighted by Crippen LogP contribution is 2.30. The highest BCUT2D eigenvalue weighted by Gasteiger charge is 2.28. The number of hydrogen-bond donors (Lipinski definition) is 1. The molecule has 1 aromatic heterocycles. The summed E-state index contributed by atoms with van der Waals surface area (Å²) in [5.41, 5.74) is 0. The molecule has 1 N–H and O–H groups in total. The summed E-state index contributed by atoms with van der Waals surface area (Å²) in [6.07, 6.45) is 0.211. The summed E-state index contributed by atoms with van der Waals surface area (Å²) >= 11 is 7.62. The topological polar surface area (TPSA) is 24.5 Å². The standard InChI is InChI=1S/C12H19ClN2OS/c1-3-15-6-7-16-9(8-15)12(14-2)10-4-5-11(13)17-10/h4-5,9,12,14H,3,6-8H2,1-2H3. The van der Waals surface area contributed by atoms with Crippen LogP contribution in [0.2, 0.25) is 4.34 Å². The lowest BCUT2D eigenvalue weighted by molar-refractivity contribution is -0.0438. The van der Waals surface area contributed by atoms with Gasteiger partial charge in [-0.1, -0.05) is 18.5 Å². The lowest BCUT2D eigenvalue weighted by atomic mass is 10.1. The minimum absolute atomic E-state index is 0.211. The zero-order valence-electron chi connectivity index (χ0n) is 10.3. The van der Waals surface area contributed by atoms with Crippen molar-refractivity contribution in [1.82, 2.24) is 10.2 Å². The summed E-state index contributed by atoms with van der Waals surface area (Å²) in [5, 5.41) is 3.35. The zero-order valence-corrected chi connectivity index (χ0v) is 11.9. The Morgan fingerprint density at radius 3 is 3.06 bits per heavy atom. The molecule has 0 bridgehead atoms. The molecule has 0 aliphatic carbocycles. The smallest absolute Gasteiger partial charge is 0.0931 e. The lowest BCUT2D eigenvalue weighted by Crippen LogP contribution is -2.47. The zero-order chi connectivity index (χ0) is 12.3. The molecule has 1 fully saturated rings. The lowest BCUT2D eigenvalue weighted by Gasteiger charge is -2.36. The van der Waals surface area contributed by atoms with Gasteiger partial charge in [0, 0.05) is 18.0 Å². The Morgan fingerprint density at radius 2 is 2.47 bits per heavy atom. The van der Waals surface area contributed by atoms with Crippen LogP contribution in [0.1, 0.15) is 17.8 Å². The number of rotatable bonds is 4. The molecule has 96 valence electrons. The fraction of sp³-hybridized carbons (Fsp3) is 0.667. The van der Waals surface area contributed by atoms with Crippen molar-refractivity contribution in [1.29, 1.82) is 0 Å². The minimum atomic E-state index is 0.211. The van der Waals surface area contributed by atoms with Crippen molar-refractivity contribution >= 4 is 22.9 Å². The first kappa shape index (κ1) is 13.3. The van der Waals surface area contributed by atoms with Gasteiger partial charge in [0.15, 0.2) is 0 Å². The number of likely N-dealkylation sites (N-methyl/N-ethyl adjacent to an activating group) is 2. The van der Waals surface area contributed by atoms with Gasteiger partial charge >= 0.3 is 0 Å². The van der Waals surface area contributed by atoms with E-state index in [4.69, 9.17) is 16.3 Å². The second kappa shape index (κ2) is 6.16. The number of nitrogens with one attached hydrogen (secondary N) is 1. The number of morpholine rings is 1. The van der Waals surface area contributed by atoms with E-state index in [-0.39, 0.29) is 12.1 Å². The van der Waals surface area contributed by atoms with Gasteiger partial charge in [-0.05, 0) is 25.7 Å². The van der Waals surface area contributed by atoms with Gasteiger partial charge in [0.05, 0.1) is 23.1 Å². The summed E-state index contributed by atoms with van der Waals surface area (Å²) in [6, 6.07) is 4.27. The molecule has 1 saturated heterocycles. The molecule has 5 heteroatoms. The first-order valence-corrected chi connectivity index (χ1v) is 7.20. The molecule has 17 heavy (non-hydrogen) atoms. The molecular formula is C12H19ClN2OS. The summed E-state index contributed by atoms with van der Waals surface area (Å²) in [5.74, 6) is 0. The number of nitrogens with zero attached hydrogens (tertiary/aromatic N) is 1. The number of hydrogen-bond acceptors (Lipinski definition) is 4. The normalized spacial score (nSPS) is 23.8. The molecule has 0 aromatic carbocycles. The molecule has 2 heterocycles. The van der Waals surface area contributed by atoms with Crippen molar-refractivity contribution < 1.29 is 4.74 Å². The van der Waals surface area contributed by atoms with Gasteiger partial charge < -0.3 is 10.1 Å². The average molecular weight is 275 g/mol. The van der Waals surface area contributed by atoms with Gasteiger partial charge in [0.25, 0.3) is 0 Å². The minimum Gasteiger partial charge on any atom is -0.374 e. The van der Waals surface area contributed by atoms with Crippen molar-refractivity contribution in [3.8, 4) is 0 Å². The van der Waals surface area contributed by atoms with Gasteiger partial charge in [-0.2, -0.15) is 0 Å². The fourth-order valence-corrected chi connectivity index (χ4v) is 3.45. The molecule has 1 aromatic rings. The van der Waals surface area contributed by atoms with E-state index in [1.807, 2.05) is 13.1 Å². The van der Waals surface area contributed by atoms with Crippen molar-refractivity contribution in [3.63, 3.8) is 0 Å². The maximum atomic E-state index is 6.00. The fourth-order valence-electron chi connectivity index (χ4n) is 2.23. The highest BCUT2D eigenvalue weighted by atomic mass is 35.5. The first-order chi connectivity index (χ1) is 8.24. The van der Waals surface area contributed by atoms with E-state index in [9.17, 15) is 0 Å². The van der Waals surface area contributed by atoms with Crippen LogP contribution in [-0.2, 0) is 4.74 Å². The predicted octanol–water partition coefficient (Wildman–Crippen LogP) is 2.38. The van der Waals surface area contributed by atoms with E-state index in [0.717, 1.165) is 30.6 Å². The molecular weight excluding hydrogens is 256 g/mol. The molecule has 1 aliphatic heterocycles. The summed E-state index contributed by atoms with van der Waals surface area (Å²) in [7, 11) is 1.98. The maximum Gasteiger partial charge on any atom is 0.0931 e. The van der Waals surface area contributed by atoms with E-state index in [0.29, 0.717) is 0 Å². The molecule has 1 aliphatic rings. The summed E-state index contributed by atoms with van der Waals surface area (Å²) in [4.78, 5) is 3.67. The molecule has 0 amide bonds. The third-order valence-corrected chi connectivity index (χ3v) is 4.52. The van der Waals surface area contributed by atoms with Gasteiger partial charge in [-0.25, -0.2) is 0 Å². The van der Waals surface area contributed by atoms with Crippen LogP contribution in [0.5, 0.6) is 0 Å². The van der Waals surface area contributed by atoms with Gasteiger partial charge in [0.2, 0.25) is 0 Å². The number of halogens is 1. The van der Waals surface area contributed by atoms with Crippen molar-refractivity contribution in [3.05, 3.63) is 21.3 Å². The summed E-state index contributed by atoms with van der Waals surface area (Å²) < 4.78 is 6.72. The molecule has 3 nitrogen and oxygen atoms in total. The van der Waals surface area contributed by atoms with Crippen LogP contribution in [0.4, 0.5) is 0 Å². The number of ether oxygens (including phenoxy) is 1. The number of thiophene rings is 1. The van der Waals surface area contributed by atoms with Crippen LogP contribution in [0.25, 0.3) is 0 Å². The van der Waals surface area contributed by atoms with Crippen LogP contribution in [0.3, 0.4) is 0 Å². The molecule has 2 unspecified atom stereocenters. The second-order valence-corrected chi connectivity index (χ2v) is 5.96. The van der Waals surface area contributed by atoms with Crippen molar-refractivity contribution in [2.45, 2.75) is 19.1 Å². The average Bonchev–Trinajstić information content (AvgIpc) is 2.77. The SMILES string of the molecule is CCN1CCOC(C(NC)c2ccc(Cl)s2)C1. The van der Waals surface area contributed by atoms with Gasteiger partial charge in [0.1, 0.15) is 0 Å². The van der Waals surface area contributed by atoms with Gasteiger partial charge in [-0.15, -0.1) is 11.3 Å². The Hall–Kier alpha value is -0.130. The van der Waals surface area contributed by atoms with Crippen LogP contribution in [0.15, 0.2) is 12.1 Å². The third-order valence-electron chi connectivity index (χ3n) is 3.21. The Bertz CT molecular complexity index is 358. The third kappa shape index (κ3) is 3.20. The Labute approximate surface area is 112 Å². The van der Waals surface area contributed by atoms with E-state index in [1.165, 1.54) is 4.88 Å². The van der Waals surface area contributed by atoms with Crippen LogP contribution >= 0.6 is 22.9 Å². The molecule has 2 rings (SSSR count). The van der Waals surface area contributed by atoms with Crippen molar-refractivity contribution in [2.24, 2.45) is 0 Å². The monoisotopic (exact) mass is 274 g/mol. The van der Waals surface area contributed by atoms with Crippen LogP contribution in [-0.4, -0.2) is 44.3 Å². The maximum absolute atomic E-state index is 6.00. The van der Waals surface area contributed by atoms with Crippen molar-refractivity contribution in [2.75, 3.05) is 33.3 Å². The molecule has 0 saturated carbocycles. The Morgan fingerprint density at radius 1 is 1.65 bits per heavy atom. The first-order valence-electron chi connectivity index (χ1n) is 6.01.